The standard InChI is InChI=1S/C12H20O2/c1-9-5-4-7-11(2,3)12(9)8-6-10(13)14-12/h5,10,13H,4,6-8H2,1-3H3/t10-,12+/m0/s1. The monoisotopic (exact) mass is 196 g/mol. The third kappa shape index (κ3) is 1.24. The molecule has 0 aromatic heterocycles. The van der Waals surface area contributed by atoms with Crippen LogP contribution in [0.2, 0.25) is 0 Å². The zero-order chi connectivity index (χ0) is 10.4. The molecule has 2 nitrogen and oxygen atoms in total. The molecule has 0 radical (unpaired) electrons. The first-order valence-corrected chi connectivity index (χ1v) is 5.51. The summed E-state index contributed by atoms with van der Waals surface area (Å²) in [6.45, 7) is 6.64. The minimum atomic E-state index is -0.560. The normalized spacial score (nSPS) is 41.4. The molecule has 0 amide bonds. The fraction of sp³-hybridized carbons (Fsp3) is 0.833. The summed E-state index contributed by atoms with van der Waals surface area (Å²) in [7, 11) is 0. The molecule has 1 fully saturated rings. The summed E-state index contributed by atoms with van der Waals surface area (Å²) in [6, 6.07) is 0. The van der Waals surface area contributed by atoms with Gasteiger partial charge < -0.3 is 9.84 Å². The molecule has 0 saturated carbocycles. The summed E-state index contributed by atoms with van der Waals surface area (Å²) in [6.07, 6.45) is 5.73. The Morgan fingerprint density at radius 3 is 2.64 bits per heavy atom. The maximum absolute atomic E-state index is 9.55. The molecule has 2 rings (SSSR count). The van der Waals surface area contributed by atoms with Crippen molar-refractivity contribution < 1.29 is 9.84 Å². The molecule has 2 atom stereocenters. The number of hydrogen-bond donors (Lipinski definition) is 1. The van der Waals surface area contributed by atoms with E-state index in [-0.39, 0.29) is 11.0 Å². The van der Waals surface area contributed by atoms with E-state index in [1.54, 1.807) is 0 Å². The average molecular weight is 196 g/mol. The van der Waals surface area contributed by atoms with Crippen LogP contribution in [0.15, 0.2) is 11.6 Å². The highest BCUT2D eigenvalue weighted by Crippen LogP contribution is 2.52. The van der Waals surface area contributed by atoms with Crippen LogP contribution in [0, 0.1) is 5.41 Å². The predicted molar refractivity (Wildman–Crippen MR) is 55.8 cm³/mol. The molecular formula is C12H20O2. The van der Waals surface area contributed by atoms with E-state index < -0.39 is 6.29 Å². The number of ether oxygens (including phenoxy) is 1. The van der Waals surface area contributed by atoms with Gasteiger partial charge in [-0.05, 0) is 37.2 Å². The summed E-state index contributed by atoms with van der Waals surface area (Å²) in [5.41, 5.74) is 1.28. The van der Waals surface area contributed by atoms with Gasteiger partial charge in [-0.2, -0.15) is 0 Å². The Kier molecular flexibility index (Phi) is 2.24. The Morgan fingerprint density at radius 2 is 2.14 bits per heavy atom. The molecule has 2 aliphatic rings. The summed E-state index contributed by atoms with van der Waals surface area (Å²) < 4.78 is 5.80. The molecule has 14 heavy (non-hydrogen) atoms. The van der Waals surface area contributed by atoms with Crippen LogP contribution in [0.25, 0.3) is 0 Å². The quantitative estimate of drug-likeness (QED) is 0.603. The lowest BCUT2D eigenvalue weighted by atomic mass is 9.64. The molecule has 1 aliphatic carbocycles. The zero-order valence-corrected chi connectivity index (χ0v) is 9.34. The van der Waals surface area contributed by atoms with Crippen molar-refractivity contribution in [1.82, 2.24) is 0 Å². The van der Waals surface area contributed by atoms with Crippen LogP contribution < -0.4 is 0 Å². The number of allylic oxidation sites excluding steroid dienone is 1. The van der Waals surface area contributed by atoms with Crippen LogP contribution in [0.1, 0.15) is 46.5 Å². The molecule has 0 unspecified atom stereocenters. The number of rotatable bonds is 0. The number of aliphatic hydroxyl groups excluding tert-OH is 1. The van der Waals surface area contributed by atoms with Gasteiger partial charge in [0.05, 0.1) is 5.60 Å². The highest BCUT2D eigenvalue weighted by atomic mass is 16.6. The van der Waals surface area contributed by atoms with Gasteiger partial charge in [-0.25, -0.2) is 0 Å². The topological polar surface area (TPSA) is 29.5 Å². The second kappa shape index (κ2) is 3.07. The summed E-state index contributed by atoms with van der Waals surface area (Å²) in [5.74, 6) is 0. The van der Waals surface area contributed by atoms with E-state index in [4.69, 9.17) is 4.74 Å². The van der Waals surface area contributed by atoms with Gasteiger partial charge in [0.25, 0.3) is 0 Å². The number of aliphatic hydroxyl groups is 1. The molecule has 1 heterocycles. The SMILES string of the molecule is CC1=CCCC(C)(C)[C@@]12CC[C@@H](O)O2. The third-order valence-electron chi connectivity index (χ3n) is 4.03. The minimum Gasteiger partial charge on any atom is -0.368 e. The highest BCUT2D eigenvalue weighted by Gasteiger charge is 2.52. The van der Waals surface area contributed by atoms with E-state index in [2.05, 4.69) is 26.8 Å². The van der Waals surface area contributed by atoms with E-state index in [1.165, 1.54) is 5.57 Å². The van der Waals surface area contributed by atoms with Crippen molar-refractivity contribution in [2.24, 2.45) is 5.41 Å². The maximum atomic E-state index is 9.55. The molecule has 0 aromatic rings. The van der Waals surface area contributed by atoms with Gasteiger partial charge in [0.15, 0.2) is 6.29 Å². The summed E-state index contributed by atoms with van der Waals surface area (Å²) >= 11 is 0. The van der Waals surface area contributed by atoms with Crippen LogP contribution in [-0.2, 0) is 4.74 Å². The van der Waals surface area contributed by atoms with E-state index in [0.29, 0.717) is 0 Å². The summed E-state index contributed by atoms with van der Waals surface area (Å²) in [5, 5.41) is 9.55. The van der Waals surface area contributed by atoms with E-state index in [9.17, 15) is 5.11 Å². The summed E-state index contributed by atoms with van der Waals surface area (Å²) in [4.78, 5) is 0. The fourth-order valence-electron chi connectivity index (χ4n) is 3.01. The molecule has 2 heteroatoms. The van der Waals surface area contributed by atoms with Crippen LogP contribution in [0.4, 0.5) is 0 Å². The molecular weight excluding hydrogens is 176 g/mol. The second-order valence-corrected chi connectivity index (χ2v) is 5.25. The van der Waals surface area contributed by atoms with Crippen molar-refractivity contribution in [2.45, 2.75) is 58.3 Å². The van der Waals surface area contributed by atoms with Crippen molar-refractivity contribution >= 4 is 0 Å². The fourth-order valence-corrected chi connectivity index (χ4v) is 3.01. The third-order valence-corrected chi connectivity index (χ3v) is 4.03. The molecule has 1 spiro atoms. The minimum absolute atomic E-state index is 0.156. The van der Waals surface area contributed by atoms with Crippen LogP contribution in [0.5, 0.6) is 0 Å². The Labute approximate surface area is 86.0 Å². The Balaban J connectivity index is 2.37. The van der Waals surface area contributed by atoms with Gasteiger partial charge in [-0.1, -0.05) is 19.9 Å². The predicted octanol–water partition coefficient (Wildman–Crippen LogP) is 2.62. The molecule has 0 bridgehead atoms. The molecule has 1 saturated heterocycles. The first kappa shape index (κ1) is 10.2. The van der Waals surface area contributed by atoms with Crippen molar-refractivity contribution in [1.29, 1.82) is 0 Å². The molecule has 1 aliphatic heterocycles. The highest BCUT2D eigenvalue weighted by molar-refractivity contribution is 5.25. The van der Waals surface area contributed by atoms with Gasteiger partial charge >= 0.3 is 0 Å². The number of hydrogen-bond acceptors (Lipinski definition) is 2. The second-order valence-electron chi connectivity index (χ2n) is 5.25. The average Bonchev–Trinajstić information content (AvgIpc) is 2.46. The first-order chi connectivity index (χ1) is 6.48. The van der Waals surface area contributed by atoms with E-state index in [1.807, 2.05) is 0 Å². The van der Waals surface area contributed by atoms with E-state index >= 15 is 0 Å². The zero-order valence-electron chi connectivity index (χ0n) is 9.34. The van der Waals surface area contributed by atoms with Gasteiger partial charge in [0.1, 0.15) is 0 Å². The Hall–Kier alpha value is -0.340. The lowest BCUT2D eigenvalue weighted by Gasteiger charge is -2.47. The van der Waals surface area contributed by atoms with Crippen molar-refractivity contribution in [3.05, 3.63) is 11.6 Å². The maximum Gasteiger partial charge on any atom is 0.155 e. The Bertz CT molecular complexity index is 267. The molecule has 1 N–H and O–H groups in total. The van der Waals surface area contributed by atoms with Crippen LogP contribution in [-0.4, -0.2) is 17.0 Å². The largest absolute Gasteiger partial charge is 0.368 e. The smallest absolute Gasteiger partial charge is 0.155 e. The Morgan fingerprint density at radius 1 is 1.43 bits per heavy atom. The van der Waals surface area contributed by atoms with Crippen LogP contribution in [0.3, 0.4) is 0 Å². The van der Waals surface area contributed by atoms with Crippen molar-refractivity contribution in [2.75, 3.05) is 0 Å². The van der Waals surface area contributed by atoms with E-state index in [0.717, 1.165) is 25.7 Å². The lowest BCUT2D eigenvalue weighted by Crippen LogP contribution is -2.47. The van der Waals surface area contributed by atoms with Crippen molar-refractivity contribution in [3.63, 3.8) is 0 Å². The lowest BCUT2D eigenvalue weighted by molar-refractivity contribution is -0.165. The van der Waals surface area contributed by atoms with Gasteiger partial charge in [0.2, 0.25) is 0 Å². The van der Waals surface area contributed by atoms with Gasteiger partial charge in [-0.3, -0.25) is 0 Å². The van der Waals surface area contributed by atoms with Crippen LogP contribution >= 0.6 is 0 Å². The molecule has 0 aromatic carbocycles. The first-order valence-electron chi connectivity index (χ1n) is 5.51. The van der Waals surface area contributed by atoms with Gasteiger partial charge in [0, 0.05) is 6.42 Å². The van der Waals surface area contributed by atoms with Crippen molar-refractivity contribution in [3.8, 4) is 0 Å². The molecule has 80 valence electrons. The van der Waals surface area contributed by atoms with Gasteiger partial charge in [-0.15, -0.1) is 0 Å².